The van der Waals surface area contributed by atoms with E-state index >= 15 is 0 Å². The largest absolute Gasteiger partial charge is 0.505 e. The number of unbranched alkanes of at least 4 members (excludes halogenated alkanes) is 5. The number of azo groups is 1. The van der Waals surface area contributed by atoms with Crippen LogP contribution in [0.1, 0.15) is 51.0 Å². The van der Waals surface area contributed by atoms with E-state index in [0.717, 1.165) is 12.0 Å². The molecular formula is C21H27ClN2O2. The van der Waals surface area contributed by atoms with Crippen molar-refractivity contribution in [3.05, 3.63) is 47.0 Å². The number of hydrogen-bond donors (Lipinski definition) is 1. The minimum absolute atomic E-state index is 0.0485. The zero-order valence-corrected chi connectivity index (χ0v) is 16.3. The number of rotatable bonds is 10. The Morgan fingerprint density at radius 2 is 1.73 bits per heavy atom. The van der Waals surface area contributed by atoms with Crippen LogP contribution in [0.5, 0.6) is 11.5 Å². The Bertz CT molecular complexity index is 732. The molecule has 0 saturated heterocycles. The van der Waals surface area contributed by atoms with Gasteiger partial charge in [0.2, 0.25) is 0 Å². The molecule has 26 heavy (non-hydrogen) atoms. The molecule has 0 aromatic heterocycles. The zero-order valence-electron chi connectivity index (χ0n) is 15.5. The third kappa shape index (κ3) is 6.68. The van der Waals surface area contributed by atoms with E-state index in [-0.39, 0.29) is 5.75 Å². The molecule has 2 aromatic rings. The number of aryl methyl sites for hydroxylation is 1. The molecule has 1 N–H and O–H groups in total. The average Bonchev–Trinajstić information content (AvgIpc) is 2.63. The van der Waals surface area contributed by atoms with Crippen molar-refractivity contribution in [1.82, 2.24) is 0 Å². The van der Waals surface area contributed by atoms with E-state index in [1.807, 2.05) is 19.1 Å². The molecule has 0 saturated carbocycles. The maximum Gasteiger partial charge on any atom is 0.146 e. The van der Waals surface area contributed by atoms with Crippen molar-refractivity contribution in [2.24, 2.45) is 10.2 Å². The van der Waals surface area contributed by atoms with Crippen LogP contribution < -0.4 is 4.74 Å². The van der Waals surface area contributed by atoms with Crippen LogP contribution in [0, 0.1) is 6.92 Å². The Hall–Kier alpha value is -2.07. The Morgan fingerprint density at radius 1 is 0.962 bits per heavy atom. The van der Waals surface area contributed by atoms with Crippen LogP contribution in [0.3, 0.4) is 0 Å². The number of phenolic OH excluding ortho intramolecular Hbond substituents is 1. The van der Waals surface area contributed by atoms with Gasteiger partial charge in [0.1, 0.15) is 17.2 Å². The second-order valence-electron chi connectivity index (χ2n) is 6.40. The highest BCUT2D eigenvalue weighted by molar-refractivity contribution is 6.31. The van der Waals surface area contributed by atoms with Crippen molar-refractivity contribution in [1.29, 1.82) is 0 Å². The molecule has 2 rings (SSSR count). The SMILES string of the molecule is CCCCCCCCOc1ccc(N=Nc2ccc(C)c(Cl)c2)c(O)c1. The number of ether oxygens (including phenoxy) is 1. The lowest BCUT2D eigenvalue weighted by Gasteiger charge is -2.07. The first-order valence-electron chi connectivity index (χ1n) is 9.24. The molecule has 0 fully saturated rings. The van der Waals surface area contributed by atoms with Gasteiger partial charge in [-0.25, -0.2) is 0 Å². The third-order valence-corrected chi connectivity index (χ3v) is 4.55. The maximum absolute atomic E-state index is 10.1. The van der Waals surface area contributed by atoms with E-state index in [2.05, 4.69) is 17.2 Å². The van der Waals surface area contributed by atoms with Crippen LogP contribution in [0.2, 0.25) is 5.02 Å². The number of benzene rings is 2. The van der Waals surface area contributed by atoms with E-state index < -0.39 is 0 Å². The Kier molecular flexibility index (Phi) is 8.42. The molecule has 0 radical (unpaired) electrons. The van der Waals surface area contributed by atoms with Gasteiger partial charge < -0.3 is 9.84 Å². The second kappa shape index (κ2) is 10.8. The van der Waals surface area contributed by atoms with Crippen LogP contribution in [-0.2, 0) is 0 Å². The molecule has 2 aromatic carbocycles. The fourth-order valence-electron chi connectivity index (χ4n) is 2.51. The van der Waals surface area contributed by atoms with Gasteiger partial charge in [0.25, 0.3) is 0 Å². The quantitative estimate of drug-likeness (QED) is 0.345. The fourth-order valence-corrected chi connectivity index (χ4v) is 2.68. The molecule has 0 amide bonds. The van der Waals surface area contributed by atoms with Crippen molar-refractivity contribution >= 4 is 23.0 Å². The van der Waals surface area contributed by atoms with Crippen molar-refractivity contribution in [2.75, 3.05) is 6.61 Å². The van der Waals surface area contributed by atoms with E-state index in [9.17, 15) is 5.11 Å². The standard InChI is InChI=1S/C21H27ClN2O2/c1-3-4-5-6-7-8-13-26-18-11-12-20(21(25)15-18)24-23-17-10-9-16(2)19(22)14-17/h9-12,14-15,25H,3-8,13H2,1-2H3. The topological polar surface area (TPSA) is 54.2 Å². The first kappa shape index (κ1) is 20.2. The van der Waals surface area contributed by atoms with Crippen LogP contribution in [0.15, 0.2) is 46.6 Å². The van der Waals surface area contributed by atoms with E-state index in [0.29, 0.717) is 28.8 Å². The van der Waals surface area contributed by atoms with Gasteiger partial charge in [-0.2, -0.15) is 5.11 Å². The predicted octanol–water partition coefficient (Wildman–Crippen LogP) is 7.51. The highest BCUT2D eigenvalue weighted by atomic mass is 35.5. The molecule has 0 aliphatic heterocycles. The van der Waals surface area contributed by atoms with Gasteiger partial charge in [-0.1, -0.05) is 56.7 Å². The number of phenols is 1. The molecule has 4 nitrogen and oxygen atoms in total. The summed E-state index contributed by atoms with van der Waals surface area (Å²) in [5.41, 5.74) is 2.03. The normalized spacial score (nSPS) is 11.2. The number of halogens is 1. The molecule has 0 heterocycles. The van der Waals surface area contributed by atoms with E-state index in [1.165, 1.54) is 32.1 Å². The summed E-state index contributed by atoms with van der Waals surface area (Å²) < 4.78 is 5.69. The summed E-state index contributed by atoms with van der Waals surface area (Å²) in [7, 11) is 0. The lowest BCUT2D eigenvalue weighted by Crippen LogP contribution is -1.97. The monoisotopic (exact) mass is 374 g/mol. The van der Waals surface area contributed by atoms with E-state index in [1.54, 1.807) is 24.3 Å². The number of aromatic hydroxyl groups is 1. The summed E-state index contributed by atoms with van der Waals surface area (Å²) in [5.74, 6) is 0.695. The zero-order chi connectivity index (χ0) is 18.8. The summed E-state index contributed by atoms with van der Waals surface area (Å²) >= 11 is 6.08. The molecule has 0 spiro atoms. The lowest BCUT2D eigenvalue weighted by molar-refractivity contribution is 0.303. The van der Waals surface area contributed by atoms with Crippen LogP contribution in [0.4, 0.5) is 11.4 Å². The summed E-state index contributed by atoms with van der Waals surface area (Å²) in [6.07, 6.45) is 7.32. The summed E-state index contributed by atoms with van der Waals surface area (Å²) in [4.78, 5) is 0. The predicted molar refractivity (Wildman–Crippen MR) is 107 cm³/mol. The molecule has 0 aliphatic rings. The summed E-state index contributed by atoms with van der Waals surface area (Å²) in [6.45, 7) is 4.81. The maximum atomic E-state index is 10.1. The highest BCUT2D eigenvalue weighted by Crippen LogP contribution is 2.32. The molecule has 140 valence electrons. The fraction of sp³-hybridized carbons (Fsp3) is 0.429. The minimum atomic E-state index is 0.0485. The van der Waals surface area contributed by atoms with Crippen molar-refractivity contribution < 1.29 is 9.84 Å². The first-order chi connectivity index (χ1) is 12.6. The van der Waals surface area contributed by atoms with Gasteiger partial charge in [-0.15, -0.1) is 5.11 Å². The number of hydrogen-bond acceptors (Lipinski definition) is 4. The molecule has 5 heteroatoms. The van der Waals surface area contributed by atoms with Crippen LogP contribution in [0.25, 0.3) is 0 Å². The molecular weight excluding hydrogens is 348 g/mol. The van der Waals surface area contributed by atoms with Gasteiger partial charge in [0, 0.05) is 11.1 Å². The smallest absolute Gasteiger partial charge is 0.146 e. The molecule has 0 bridgehead atoms. The Morgan fingerprint density at radius 3 is 2.46 bits per heavy atom. The van der Waals surface area contributed by atoms with Crippen LogP contribution >= 0.6 is 11.6 Å². The van der Waals surface area contributed by atoms with Gasteiger partial charge in [-0.3, -0.25) is 0 Å². The molecule has 0 aliphatic carbocycles. The second-order valence-corrected chi connectivity index (χ2v) is 6.81. The average molecular weight is 375 g/mol. The van der Waals surface area contributed by atoms with Crippen LogP contribution in [-0.4, -0.2) is 11.7 Å². The molecule has 0 unspecified atom stereocenters. The Balaban J connectivity index is 1.84. The summed E-state index contributed by atoms with van der Waals surface area (Å²) in [6, 6.07) is 10.5. The van der Waals surface area contributed by atoms with Crippen molar-refractivity contribution in [3.63, 3.8) is 0 Å². The third-order valence-electron chi connectivity index (χ3n) is 4.14. The summed E-state index contributed by atoms with van der Waals surface area (Å²) in [5, 5.41) is 19.0. The molecule has 0 atom stereocenters. The van der Waals surface area contributed by atoms with Crippen molar-refractivity contribution in [2.45, 2.75) is 52.4 Å². The van der Waals surface area contributed by atoms with Gasteiger partial charge in [-0.05, 0) is 43.2 Å². The van der Waals surface area contributed by atoms with Crippen molar-refractivity contribution in [3.8, 4) is 11.5 Å². The minimum Gasteiger partial charge on any atom is -0.505 e. The number of nitrogens with zero attached hydrogens (tertiary/aromatic N) is 2. The first-order valence-corrected chi connectivity index (χ1v) is 9.61. The van der Waals surface area contributed by atoms with Gasteiger partial charge in [0.15, 0.2) is 0 Å². The lowest BCUT2D eigenvalue weighted by atomic mass is 10.1. The van der Waals surface area contributed by atoms with E-state index in [4.69, 9.17) is 16.3 Å². The van der Waals surface area contributed by atoms with Gasteiger partial charge >= 0.3 is 0 Å². The Labute approximate surface area is 160 Å². The van der Waals surface area contributed by atoms with Gasteiger partial charge in [0.05, 0.1) is 12.3 Å². The highest BCUT2D eigenvalue weighted by Gasteiger charge is 2.04.